The van der Waals surface area contributed by atoms with Gasteiger partial charge in [0.15, 0.2) is 11.6 Å². The van der Waals surface area contributed by atoms with Crippen molar-refractivity contribution in [2.75, 3.05) is 35.6 Å². The quantitative estimate of drug-likeness (QED) is 0.368. The molecule has 8 nitrogen and oxygen atoms in total. The molecule has 3 heterocycles. The minimum Gasteiger partial charge on any atom is -0.338 e. The Labute approximate surface area is 203 Å². The van der Waals surface area contributed by atoms with Crippen LogP contribution in [-0.4, -0.2) is 52.5 Å². The number of halogens is 1. The molecular weight excluding hydrogens is 445 g/mol. The van der Waals surface area contributed by atoms with Crippen LogP contribution in [0.25, 0.3) is 0 Å². The SMILES string of the molecule is Cc1cccc(Nc2nc(Nc3cccc(NC(=O)/C=C/CN4C[C@@H]5C[C@H]4CN5)c3)ncc2F)c1. The molecule has 1 amide bonds. The molecule has 0 aliphatic carbocycles. The van der Waals surface area contributed by atoms with Crippen molar-refractivity contribution in [3.05, 3.63) is 78.3 Å². The number of fused-ring (bicyclic) bond motifs is 2. The number of hydrogen-bond donors (Lipinski definition) is 4. The number of rotatable bonds is 8. The average Bonchev–Trinajstić information content (AvgIpc) is 3.45. The summed E-state index contributed by atoms with van der Waals surface area (Å²) in [5.74, 6) is -0.431. The number of hydrogen-bond acceptors (Lipinski definition) is 7. The zero-order valence-corrected chi connectivity index (χ0v) is 19.5. The maximum absolute atomic E-state index is 14.3. The van der Waals surface area contributed by atoms with Crippen LogP contribution < -0.4 is 21.3 Å². The van der Waals surface area contributed by atoms with Gasteiger partial charge in [-0.3, -0.25) is 9.69 Å². The number of anilines is 5. The summed E-state index contributed by atoms with van der Waals surface area (Å²) in [4.78, 5) is 23.1. The number of benzene rings is 2. The van der Waals surface area contributed by atoms with Crippen LogP contribution in [0.3, 0.4) is 0 Å². The van der Waals surface area contributed by atoms with Crippen LogP contribution in [0.15, 0.2) is 66.9 Å². The van der Waals surface area contributed by atoms with Crippen molar-refractivity contribution in [3.63, 3.8) is 0 Å². The lowest BCUT2D eigenvalue weighted by molar-refractivity contribution is -0.111. The van der Waals surface area contributed by atoms with Crippen molar-refractivity contribution >= 4 is 34.7 Å². The number of nitrogens with zero attached hydrogens (tertiary/aromatic N) is 3. The number of piperazine rings is 1. The van der Waals surface area contributed by atoms with Gasteiger partial charge in [-0.05, 0) is 49.2 Å². The first-order chi connectivity index (χ1) is 17.0. The van der Waals surface area contributed by atoms with Crippen LogP contribution in [-0.2, 0) is 4.79 Å². The van der Waals surface area contributed by atoms with E-state index in [9.17, 15) is 9.18 Å². The molecule has 0 unspecified atom stereocenters. The molecule has 35 heavy (non-hydrogen) atoms. The Morgan fingerprint density at radius 2 is 1.97 bits per heavy atom. The lowest BCUT2D eigenvalue weighted by Gasteiger charge is -2.25. The van der Waals surface area contributed by atoms with Gasteiger partial charge in [-0.2, -0.15) is 4.98 Å². The first-order valence-corrected chi connectivity index (χ1v) is 11.7. The summed E-state index contributed by atoms with van der Waals surface area (Å²) in [5, 5.41) is 12.4. The predicted molar refractivity (Wildman–Crippen MR) is 136 cm³/mol. The molecule has 2 aromatic carbocycles. The monoisotopic (exact) mass is 473 g/mol. The molecule has 2 aliphatic heterocycles. The van der Waals surface area contributed by atoms with Crippen molar-refractivity contribution in [2.45, 2.75) is 25.4 Å². The highest BCUT2D eigenvalue weighted by molar-refractivity contribution is 5.99. The Balaban J connectivity index is 1.19. The van der Waals surface area contributed by atoms with E-state index in [4.69, 9.17) is 0 Å². The fourth-order valence-corrected chi connectivity index (χ4v) is 4.53. The Hall–Kier alpha value is -3.82. The van der Waals surface area contributed by atoms with E-state index in [-0.39, 0.29) is 17.7 Å². The van der Waals surface area contributed by atoms with Gasteiger partial charge in [0.1, 0.15) is 0 Å². The average molecular weight is 474 g/mol. The Morgan fingerprint density at radius 1 is 1.17 bits per heavy atom. The Kier molecular flexibility index (Phi) is 6.69. The molecule has 3 aromatic rings. The maximum atomic E-state index is 14.3. The molecule has 180 valence electrons. The summed E-state index contributed by atoms with van der Waals surface area (Å²) in [5.41, 5.74) is 3.09. The standard InChI is InChI=1S/C26H28FN7O/c1-17-5-2-6-18(11-17)31-25-23(27)15-29-26(33-25)32-20-8-3-7-19(12-20)30-24(35)9-4-10-34-16-21-13-22(34)14-28-21/h2-9,11-12,15,21-22,28H,10,13-14,16H2,1H3,(H,30,35)(H2,29,31,32,33)/b9-4+/t21-,22-/m0/s1. The maximum Gasteiger partial charge on any atom is 0.248 e. The number of nitrogens with one attached hydrogen (secondary N) is 4. The van der Waals surface area contributed by atoms with E-state index in [1.54, 1.807) is 18.2 Å². The molecule has 1 aromatic heterocycles. The Morgan fingerprint density at radius 3 is 2.74 bits per heavy atom. The highest BCUT2D eigenvalue weighted by atomic mass is 19.1. The Bertz CT molecular complexity index is 1250. The molecule has 2 atom stereocenters. The van der Waals surface area contributed by atoms with Gasteiger partial charge in [-0.1, -0.05) is 24.3 Å². The van der Waals surface area contributed by atoms with Crippen molar-refractivity contribution in [1.29, 1.82) is 0 Å². The normalized spacial score (nSPS) is 19.3. The molecule has 2 saturated heterocycles. The van der Waals surface area contributed by atoms with Gasteiger partial charge in [0.25, 0.3) is 0 Å². The highest BCUT2D eigenvalue weighted by Gasteiger charge is 2.36. The van der Waals surface area contributed by atoms with Gasteiger partial charge in [0.2, 0.25) is 11.9 Å². The van der Waals surface area contributed by atoms with Gasteiger partial charge >= 0.3 is 0 Å². The minimum absolute atomic E-state index is 0.0738. The van der Waals surface area contributed by atoms with E-state index in [1.165, 1.54) is 6.42 Å². The number of amides is 1. The molecule has 0 spiro atoms. The molecule has 2 aliphatic rings. The summed E-state index contributed by atoms with van der Waals surface area (Å²) < 4.78 is 14.3. The van der Waals surface area contributed by atoms with E-state index >= 15 is 0 Å². The topological polar surface area (TPSA) is 94.2 Å². The minimum atomic E-state index is -0.553. The second-order valence-electron chi connectivity index (χ2n) is 8.93. The molecule has 9 heteroatoms. The summed E-state index contributed by atoms with van der Waals surface area (Å²) in [6.07, 6.45) is 5.80. The molecule has 2 bridgehead atoms. The third-order valence-corrected chi connectivity index (χ3v) is 6.19. The molecule has 2 fully saturated rings. The van der Waals surface area contributed by atoms with Crippen LogP contribution in [0.2, 0.25) is 0 Å². The zero-order chi connectivity index (χ0) is 24.2. The van der Waals surface area contributed by atoms with Crippen molar-refractivity contribution in [1.82, 2.24) is 20.2 Å². The van der Waals surface area contributed by atoms with Crippen LogP contribution >= 0.6 is 0 Å². The van der Waals surface area contributed by atoms with Gasteiger partial charge in [-0.15, -0.1) is 0 Å². The third-order valence-electron chi connectivity index (χ3n) is 6.19. The van der Waals surface area contributed by atoms with Gasteiger partial charge < -0.3 is 21.3 Å². The highest BCUT2D eigenvalue weighted by Crippen LogP contribution is 2.24. The second-order valence-corrected chi connectivity index (χ2v) is 8.93. The number of likely N-dealkylation sites (tertiary alicyclic amines) is 1. The molecule has 5 rings (SSSR count). The van der Waals surface area contributed by atoms with E-state index in [0.29, 0.717) is 23.5 Å². The van der Waals surface area contributed by atoms with Gasteiger partial charge in [-0.25, -0.2) is 9.37 Å². The van der Waals surface area contributed by atoms with Crippen molar-refractivity contribution in [3.8, 4) is 0 Å². The number of aryl methyl sites for hydroxylation is 1. The second kappa shape index (κ2) is 10.2. The van der Waals surface area contributed by atoms with Crippen molar-refractivity contribution < 1.29 is 9.18 Å². The zero-order valence-electron chi connectivity index (χ0n) is 19.5. The number of carbonyl (C=O) groups is 1. The molecule has 0 radical (unpaired) electrons. The molecule has 4 N–H and O–H groups in total. The molecular formula is C26H28FN7O. The smallest absolute Gasteiger partial charge is 0.248 e. The largest absolute Gasteiger partial charge is 0.338 e. The van der Waals surface area contributed by atoms with Crippen LogP contribution in [0, 0.1) is 12.7 Å². The van der Waals surface area contributed by atoms with E-state index in [2.05, 4.69) is 36.1 Å². The number of aromatic nitrogens is 2. The van der Waals surface area contributed by atoms with Crippen LogP contribution in [0.5, 0.6) is 0 Å². The predicted octanol–water partition coefficient (Wildman–Crippen LogP) is 3.95. The van der Waals surface area contributed by atoms with Gasteiger partial charge in [0.05, 0.1) is 6.20 Å². The summed E-state index contributed by atoms with van der Waals surface area (Å²) >= 11 is 0. The third kappa shape index (κ3) is 5.82. The van der Waals surface area contributed by atoms with E-state index in [1.807, 2.05) is 49.4 Å². The first kappa shape index (κ1) is 22.9. The fraction of sp³-hybridized carbons (Fsp3) is 0.269. The van der Waals surface area contributed by atoms with E-state index < -0.39 is 5.82 Å². The summed E-state index contributed by atoms with van der Waals surface area (Å²) in [6, 6.07) is 16.0. The number of carbonyl (C=O) groups excluding carboxylic acids is 1. The summed E-state index contributed by atoms with van der Waals surface area (Å²) in [6.45, 7) is 4.81. The van der Waals surface area contributed by atoms with Crippen LogP contribution in [0.1, 0.15) is 12.0 Å². The van der Waals surface area contributed by atoms with Crippen molar-refractivity contribution in [2.24, 2.45) is 0 Å². The fourth-order valence-electron chi connectivity index (χ4n) is 4.53. The lowest BCUT2D eigenvalue weighted by Crippen LogP contribution is -2.43. The van der Waals surface area contributed by atoms with E-state index in [0.717, 1.165) is 37.1 Å². The van der Waals surface area contributed by atoms with Gasteiger partial charge in [0, 0.05) is 54.9 Å². The molecule has 0 saturated carbocycles. The first-order valence-electron chi connectivity index (χ1n) is 11.7. The lowest BCUT2D eigenvalue weighted by atomic mass is 10.2. The summed E-state index contributed by atoms with van der Waals surface area (Å²) in [7, 11) is 0. The van der Waals surface area contributed by atoms with Crippen LogP contribution in [0.4, 0.5) is 33.2 Å².